The number of carboxylic acids is 1. The Hall–Kier alpha value is -3.45. The zero-order chi connectivity index (χ0) is 30.3. The highest BCUT2D eigenvalue weighted by molar-refractivity contribution is 8.00. The van der Waals surface area contributed by atoms with Gasteiger partial charge in [-0.05, 0) is 61.7 Å². The quantitative estimate of drug-likeness (QED) is 0.176. The first-order valence-electron chi connectivity index (χ1n) is 14.2. The Balaban J connectivity index is 1.39. The van der Waals surface area contributed by atoms with Crippen LogP contribution >= 0.6 is 35.0 Å². The average molecular weight is 632 g/mol. The first-order chi connectivity index (χ1) is 20.6. The standard InChI is InChI=1S/C35H32Cl2N2O3S/c1-21-15-26-31(42-20-25-16-28(37)27(18-38-25)23-7-5-4-6-8-23)14-13-29-32(26)33(43-21)30(17-35(2,3)34(40)41)39(29)19-22-9-11-24(36)12-10-22/h4-14,16,18,21H,15,17,19-20H2,1-3H3,(H,40,41). The first-order valence-corrected chi connectivity index (χ1v) is 15.9. The summed E-state index contributed by atoms with van der Waals surface area (Å²) in [6, 6.07) is 23.8. The van der Waals surface area contributed by atoms with Crippen molar-refractivity contribution < 1.29 is 14.6 Å². The van der Waals surface area contributed by atoms with Crippen LogP contribution < -0.4 is 4.74 Å². The van der Waals surface area contributed by atoms with Crippen LogP contribution in [0.4, 0.5) is 0 Å². The summed E-state index contributed by atoms with van der Waals surface area (Å²) in [7, 11) is 0. The summed E-state index contributed by atoms with van der Waals surface area (Å²) in [5, 5.41) is 12.8. The van der Waals surface area contributed by atoms with Gasteiger partial charge in [-0.25, -0.2) is 0 Å². The van der Waals surface area contributed by atoms with Crippen LogP contribution in [0.3, 0.4) is 0 Å². The third-order valence-corrected chi connectivity index (χ3v) is 9.79. The van der Waals surface area contributed by atoms with Crippen LogP contribution in [0.15, 0.2) is 83.9 Å². The van der Waals surface area contributed by atoms with E-state index in [1.807, 2.05) is 78.5 Å². The van der Waals surface area contributed by atoms with Crippen molar-refractivity contribution in [3.05, 3.63) is 112 Å². The molecule has 0 saturated heterocycles. The number of aliphatic carboxylic acids is 1. The maximum absolute atomic E-state index is 12.2. The lowest BCUT2D eigenvalue weighted by atomic mass is 9.87. The van der Waals surface area contributed by atoms with E-state index < -0.39 is 11.4 Å². The van der Waals surface area contributed by atoms with Crippen LogP contribution in [-0.2, 0) is 30.8 Å². The molecule has 5 aromatic rings. The number of aromatic nitrogens is 2. The number of nitrogens with zero attached hydrogens (tertiary/aromatic N) is 2. The fraction of sp³-hybridized carbons (Fsp3) is 0.257. The molecule has 8 heteroatoms. The number of thioether (sulfide) groups is 1. The smallest absolute Gasteiger partial charge is 0.309 e. The fourth-order valence-corrected chi connectivity index (χ4v) is 7.38. The van der Waals surface area contributed by atoms with Crippen LogP contribution in [0.1, 0.15) is 43.3 Å². The van der Waals surface area contributed by atoms with Gasteiger partial charge in [-0.2, -0.15) is 0 Å². The molecule has 5 nitrogen and oxygen atoms in total. The van der Waals surface area contributed by atoms with Gasteiger partial charge < -0.3 is 14.4 Å². The molecule has 43 heavy (non-hydrogen) atoms. The third-order valence-electron chi connectivity index (χ3n) is 7.98. The van der Waals surface area contributed by atoms with E-state index in [1.54, 1.807) is 20.0 Å². The molecule has 1 N–H and O–H groups in total. The largest absolute Gasteiger partial charge is 0.487 e. The molecular formula is C35H32Cl2N2O3S. The van der Waals surface area contributed by atoms with Gasteiger partial charge >= 0.3 is 5.97 Å². The highest BCUT2D eigenvalue weighted by atomic mass is 35.5. The van der Waals surface area contributed by atoms with Crippen LogP contribution in [-0.4, -0.2) is 25.9 Å². The van der Waals surface area contributed by atoms with E-state index >= 15 is 0 Å². The maximum Gasteiger partial charge on any atom is 0.309 e. The first kappa shape index (κ1) is 29.6. The summed E-state index contributed by atoms with van der Waals surface area (Å²) in [4.78, 5) is 18.0. The Bertz CT molecular complexity index is 1820. The SMILES string of the molecule is CC1Cc2c(OCc3cc(Cl)c(-c4ccccc4)cn3)ccc3c2c(c(CC(C)(C)C(=O)O)n3Cc2ccc(Cl)cc2)S1. The van der Waals surface area contributed by atoms with E-state index in [0.717, 1.165) is 61.6 Å². The minimum Gasteiger partial charge on any atom is -0.487 e. The van der Waals surface area contributed by atoms with Crippen molar-refractivity contribution in [2.75, 3.05) is 0 Å². The minimum atomic E-state index is -0.930. The Morgan fingerprint density at radius 2 is 1.84 bits per heavy atom. The van der Waals surface area contributed by atoms with Crippen molar-refractivity contribution in [3.63, 3.8) is 0 Å². The number of rotatable bonds is 9. The third kappa shape index (κ3) is 6.01. The second kappa shape index (κ2) is 11.9. The van der Waals surface area contributed by atoms with E-state index in [9.17, 15) is 9.90 Å². The molecular weight excluding hydrogens is 599 g/mol. The van der Waals surface area contributed by atoms with Crippen LogP contribution in [0.5, 0.6) is 5.75 Å². The number of carboxylic acid groups (broad SMARTS) is 1. The van der Waals surface area contributed by atoms with Crippen molar-refractivity contribution in [1.82, 2.24) is 9.55 Å². The molecule has 220 valence electrons. The Kier molecular flexibility index (Phi) is 8.20. The van der Waals surface area contributed by atoms with Gasteiger partial charge in [0.05, 0.1) is 21.6 Å². The number of pyridine rings is 1. The highest BCUT2D eigenvalue weighted by Crippen LogP contribution is 2.48. The van der Waals surface area contributed by atoms with Gasteiger partial charge in [0, 0.05) is 56.5 Å². The van der Waals surface area contributed by atoms with Gasteiger partial charge in [0.15, 0.2) is 0 Å². The molecule has 3 heterocycles. The number of hydrogen-bond acceptors (Lipinski definition) is 4. The van der Waals surface area contributed by atoms with Gasteiger partial charge in [-0.1, -0.05) is 72.6 Å². The summed E-state index contributed by atoms with van der Waals surface area (Å²) >= 11 is 14.6. The van der Waals surface area contributed by atoms with E-state index in [2.05, 4.69) is 22.5 Å². The molecule has 1 aliphatic heterocycles. The van der Waals surface area contributed by atoms with Gasteiger partial charge in [-0.3, -0.25) is 9.78 Å². The summed E-state index contributed by atoms with van der Waals surface area (Å²) in [5.74, 6) is 0.00388. The number of benzene rings is 3. The normalized spacial score (nSPS) is 14.7. The topological polar surface area (TPSA) is 64.3 Å². The second-order valence-electron chi connectivity index (χ2n) is 11.7. The lowest BCUT2D eigenvalue weighted by Crippen LogP contribution is -2.28. The van der Waals surface area contributed by atoms with E-state index in [0.29, 0.717) is 28.3 Å². The number of ether oxygens (including phenoxy) is 1. The molecule has 0 radical (unpaired) electrons. The summed E-state index contributed by atoms with van der Waals surface area (Å²) < 4.78 is 8.71. The van der Waals surface area contributed by atoms with Crippen LogP contribution in [0, 0.1) is 5.41 Å². The van der Waals surface area contributed by atoms with Crippen LogP contribution in [0.2, 0.25) is 10.0 Å². The Labute approximate surface area is 265 Å². The number of carbonyl (C=O) groups is 1. The van der Waals surface area contributed by atoms with Crippen molar-refractivity contribution in [2.45, 2.75) is 56.9 Å². The molecule has 1 aliphatic rings. The highest BCUT2D eigenvalue weighted by Gasteiger charge is 2.34. The van der Waals surface area contributed by atoms with Gasteiger partial charge in [0.1, 0.15) is 12.4 Å². The zero-order valence-electron chi connectivity index (χ0n) is 24.2. The van der Waals surface area contributed by atoms with Crippen LogP contribution in [0.25, 0.3) is 22.0 Å². The molecule has 2 aromatic heterocycles. The monoisotopic (exact) mass is 630 g/mol. The lowest BCUT2D eigenvalue weighted by Gasteiger charge is -2.24. The Morgan fingerprint density at radius 1 is 1.09 bits per heavy atom. The van der Waals surface area contributed by atoms with Gasteiger partial charge in [-0.15, -0.1) is 11.8 Å². The van der Waals surface area contributed by atoms with Crippen molar-refractivity contribution in [3.8, 4) is 16.9 Å². The van der Waals surface area contributed by atoms with E-state index in [1.165, 1.54) is 0 Å². The van der Waals surface area contributed by atoms with E-state index in [4.69, 9.17) is 27.9 Å². The molecule has 6 rings (SSSR count). The van der Waals surface area contributed by atoms with Crippen molar-refractivity contribution in [1.29, 1.82) is 0 Å². The predicted molar refractivity (Wildman–Crippen MR) is 176 cm³/mol. The molecule has 1 unspecified atom stereocenters. The fourth-order valence-electron chi connectivity index (χ4n) is 5.66. The summed E-state index contributed by atoms with van der Waals surface area (Å²) in [6.45, 7) is 6.69. The average Bonchev–Trinajstić information content (AvgIpc) is 3.26. The molecule has 0 bridgehead atoms. The van der Waals surface area contributed by atoms with Gasteiger partial charge in [0.2, 0.25) is 0 Å². The molecule has 1 atom stereocenters. The zero-order valence-corrected chi connectivity index (χ0v) is 26.6. The summed E-state index contributed by atoms with van der Waals surface area (Å²) in [5.41, 5.74) is 6.09. The molecule has 0 saturated carbocycles. The minimum absolute atomic E-state index is 0.286. The maximum atomic E-state index is 12.2. The molecule has 3 aromatic carbocycles. The molecule has 0 aliphatic carbocycles. The van der Waals surface area contributed by atoms with Crippen molar-refractivity contribution >= 4 is 51.8 Å². The lowest BCUT2D eigenvalue weighted by molar-refractivity contribution is -0.146. The molecule has 0 fully saturated rings. The van der Waals surface area contributed by atoms with E-state index in [-0.39, 0.29) is 6.61 Å². The number of hydrogen-bond donors (Lipinski definition) is 1. The number of halogens is 2. The second-order valence-corrected chi connectivity index (χ2v) is 14.0. The van der Waals surface area contributed by atoms with Crippen molar-refractivity contribution in [2.24, 2.45) is 5.41 Å². The Morgan fingerprint density at radius 3 is 2.53 bits per heavy atom. The predicted octanol–water partition coefficient (Wildman–Crippen LogP) is 9.33. The van der Waals surface area contributed by atoms with Gasteiger partial charge in [0.25, 0.3) is 0 Å². The summed E-state index contributed by atoms with van der Waals surface area (Å²) in [6.07, 6.45) is 3.05. The molecule has 0 amide bonds. The molecule has 0 spiro atoms.